The number of carbonyl (C=O) groups excluding carboxylic acids is 2. The predicted octanol–water partition coefficient (Wildman–Crippen LogP) is 4.29. The lowest BCUT2D eigenvalue weighted by Gasteiger charge is -2.22. The van der Waals surface area contributed by atoms with E-state index in [1.54, 1.807) is 43.3 Å². The molecule has 2 heterocycles. The third-order valence-electron chi connectivity index (χ3n) is 5.11. The lowest BCUT2D eigenvalue weighted by molar-refractivity contribution is -0.384. The summed E-state index contributed by atoms with van der Waals surface area (Å²) in [6.45, 7) is 3.64. The molecular formula is C22H17N3O5S. The molecule has 1 aromatic heterocycles. The summed E-state index contributed by atoms with van der Waals surface area (Å²) < 4.78 is 0. The third kappa shape index (κ3) is 3.49. The fraction of sp³-hybridized carbons (Fsp3) is 0.136. The lowest BCUT2D eigenvalue weighted by Crippen LogP contribution is -2.29. The number of non-ortho nitro benzene ring substituents is 1. The van der Waals surface area contributed by atoms with Crippen molar-refractivity contribution in [3.63, 3.8) is 0 Å². The number of amides is 1. The molecule has 0 radical (unpaired) electrons. The number of aryl methyl sites for hydroxylation is 2. The Bertz CT molecular complexity index is 1230. The Labute approximate surface area is 181 Å². The Morgan fingerprint density at radius 3 is 2.45 bits per heavy atom. The van der Waals surface area contributed by atoms with Gasteiger partial charge in [0.25, 0.3) is 11.5 Å². The number of hydrogen-bond donors (Lipinski definition) is 1. The number of carbonyl (C=O) groups is 2. The van der Waals surface area contributed by atoms with Gasteiger partial charge in [-0.1, -0.05) is 42.5 Å². The van der Waals surface area contributed by atoms with Gasteiger partial charge in [0.15, 0.2) is 5.13 Å². The van der Waals surface area contributed by atoms with Crippen LogP contribution in [0.3, 0.4) is 0 Å². The average molecular weight is 435 g/mol. The van der Waals surface area contributed by atoms with Gasteiger partial charge in [-0.15, -0.1) is 11.3 Å². The van der Waals surface area contributed by atoms with Crippen LogP contribution in [0.1, 0.15) is 27.7 Å². The summed E-state index contributed by atoms with van der Waals surface area (Å²) in [6.07, 6.45) is 0. The number of benzene rings is 2. The van der Waals surface area contributed by atoms with Crippen molar-refractivity contribution in [2.24, 2.45) is 0 Å². The van der Waals surface area contributed by atoms with Crippen LogP contribution in [0.2, 0.25) is 0 Å². The molecule has 31 heavy (non-hydrogen) atoms. The molecule has 1 atom stereocenters. The molecule has 1 aliphatic heterocycles. The highest BCUT2D eigenvalue weighted by Crippen LogP contribution is 2.44. The molecule has 8 nitrogen and oxygen atoms in total. The summed E-state index contributed by atoms with van der Waals surface area (Å²) in [5.41, 5.74) is 1.08. The quantitative estimate of drug-likeness (QED) is 0.215. The molecule has 0 saturated carbocycles. The van der Waals surface area contributed by atoms with Gasteiger partial charge in [0.1, 0.15) is 5.76 Å². The largest absolute Gasteiger partial charge is 0.507 e. The van der Waals surface area contributed by atoms with E-state index in [2.05, 4.69) is 4.98 Å². The number of nitrogens with zero attached hydrogens (tertiary/aromatic N) is 3. The number of aliphatic hydroxyl groups excluding tert-OH is 1. The van der Waals surface area contributed by atoms with Crippen LogP contribution in [0.25, 0.3) is 5.76 Å². The number of aromatic nitrogens is 1. The van der Waals surface area contributed by atoms with E-state index in [1.165, 1.54) is 34.4 Å². The number of ketones is 1. The lowest BCUT2D eigenvalue weighted by atomic mass is 9.95. The van der Waals surface area contributed by atoms with Crippen LogP contribution in [-0.4, -0.2) is 26.7 Å². The molecule has 1 unspecified atom stereocenters. The van der Waals surface area contributed by atoms with Crippen LogP contribution >= 0.6 is 11.3 Å². The first kappa shape index (κ1) is 20.4. The minimum absolute atomic E-state index is 0.137. The number of anilines is 1. The van der Waals surface area contributed by atoms with Gasteiger partial charge in [0.2, 0.25) is 0 Å². The van der Waals surface area contributed by atoms with Crippen LogP contribution in [0.4, 0.5) is 10.8 Å². The van der Waals surface area contributed by atoms with Gasteiger partial charge in [-0.05, 0) is 19.4 Å². The summed E-state index contributed by atoms with van der Waals surface area (Å²) in [4.78, 5) is 43.3. The second kappa shape index (κ2) is 7.77. The van der Waals surface area contributed by atoms with Crippen molar-refractivity contribution in [2.45, 2.75) is 19.9 Å². The summed E-state index contributed by atoms with van der Waals surface area (Å²) >= 11 is 1.24. The molecule has 1 amide bonds. The number of aliphatic hydroxyl groups is 1. The second-order valence-corrected chi connectivity index (χ2v) is 8.21. The monoisotopic (exact) mass is 435 g/mol. The molecule has 1 aliphatic rings. The summed E-state index contributed by atoms with van der Waals surface area (Å²) in [5, 5.41) is 22.6. The number of hydrogen-bond acceptors (Lipinski definition) is 7. The maximum absolute atomic E-state index is 13.0. The van der Waals surface area contributed by atoms with Crippen LogP contribution in [0, 0.1) is 24.0 Å². The summed E-state index contributed by atoms with van der Waals surface area (Å²) in [7, 11) is 0. The maximum atomic E-state index is 13.0. The molecule has 1 saturated heterocycles. The van der Waals surface area contributed by atoms with Crippen molar-refractivity contribution >= 4 is 39.6 Å². The van der Waals surface area contributed by atoms with Crippen molar-refractivity contribution in [2.75, 3.05) is 4.90 Å². The van der Waals surface area contributed by atoms with Gasteiger partial charge in [0, 0.05) is 22.6 Å². The highest BCUT2D eigenvalue weighted by molar-refractivity contribution is 7.16. The molecule has 0 bridgehead atoms. The van der Waals surface area contributed by atoms with Gasteiger partial charge >= 0.3 is 5.91 Å². The number of nitro groups is 1. The van der Waals surface area contributed by atoms with Gasteiger partial charge < -0.3 is 5.11 Å². The molecule has 1 fully saturated rings. The minimum Gasteiger partial charge on any atom is -0.507 e. The number of rotatable bonds is 4. The number of thiazole rings is 1. The van der Waals surface area contributed by atoms with Crippen molar-refractivity contribution in [3.05, 3.63) is 92.0 Å². The number of nitro benzene ring substituents is 1. The Morgan fingerprint density at radius 1 is 1.13 bits per heavy atom. The van der Waals surface area contributed by atoms with Gasteiger partial charge in [0.05, 0.1) is 22.2 Å². The fourth-order valence-corrected chi connectivity index (χ4v) is 4.40. The molecule has 1 N–H and O–H groups in total. The Morgan fingerprint density at radius 2 is 1.84 bits per heavy atom. The molecule has 9 heteroatoms. The molecule has 4 rings (SSSR count). The van der Waals surface area contributed by atoms with Crippen LogP contribution in [-0.2, 0) is 9.59 Å². The van der Waals surface area contributed by atoms with Crippen molar-refractivity contribution < 1.29 is 19.6 Å². The highest BCUT2D eigenvalue weighted by Gasteiger charge is 2.48. The van der Waals surface area contributed by atoms with Crippen molar-refractivity contribution in [3.8, 4) is 0 Å². The highest BCUT2D eigenvalue weighted by atomic mass is 32.1. The second-order valence-electron chi connectivity index (χ2n) is 7.03. The van der Waals surface area contributed by atoms with Gasteiger partial charge in [-0.25, -0.2) is 4.98 Å². The average Bonchev–Trinajstić information content (AvgIpc) is 3.23. The normalized spacial score (nSPS) is 17.9. The molecule has 3 aromatic rings. The standard InChI is InChI=1S/C22H17N3O5S/c1-12-13(2)31-22(23-12)24-18(15-9-6-10-16(11-15)25(29)30)17(20(27)21(24)28)19(26)14-7-4-3-5-8-14/h3-11,18,26H,1-2H3/b19-17-. The summed E-state index contributed by atoms with van der Waals surface area (Å²) in [6, 6.07) is 13.0. The maximum Gasteiger partial charge on any atom is 0.301 e. The van der Waals surface area contributed by atoms with E-state index in [0.29, 0.717) is 22.0 Å². The van der Waals surface area contributed by atoms with Crippen LogP contribution in [0.15, 0.2) is 60.2 Å². The molecule has 156 valence electrons. The first-order valence-corrected chi connectivity index (χ1v) is 10.2. The minimum atomic E-state index is -1.05. The molecule has 0 spiro atoms. The van der Waals surface area contributed by atoms with E-state index in [4.69, 9.17) is 0 Å². The van der Waals surface area contributed by atoms with Gasteiger partial charge in [-0.3, -0.25) is 24.6 Å². The zero-order valence-corrected chi connectivity index (χ0v) is 17.4. The predicted molar refractivity (Wildman–Crippen MR) is 116 cm³/mol. The van der Waals surface area contributed by atoms with Crippen molar-refractivity contribution in [1.82, 2.24) is 4.98 Å². The Hall–Kier alpha value is -3.85. The molecule has 0 aliphatic carbocycles. The van der Waals surface area contributed by atoms with E-state index >= 15 is 0 Å². The van der Waals surface area contributed by atoms with Crippen LogP contribution in [0.5, 0.6) is 0 Å². The van der Waals surface area contributed by atoms with E-state index in [1.807, 2.05) is 6.92 Å². The van der Waals surface area contributed by atoms with Gasteiger partial charge in [-0.2, -0.15) is 0 Å². The first-order chi connectivity index (χ1) is 14.8. The van der Waals surface area contributed by atoms with E-state index in [-0.39, 0.29) is 17.0 Å². The topological polar surface area (TPSA) is 114 Å². The Kier molecular flexibility index (Phi) is 5.12. The van der Waals surface area contributed by atoms with Crippen molar-refractivity contribution in [1.29, 1.82) is 0 Å². The SMILES string of the molecule is Cc1nc(N2C(=O)C(=O)/C(=C(\O)c3ccccc3)C2c2cccc([N+](=O)[O-])c2)sc1C. The first-order valence-electron chi connectivity index (χ1n) is 9.34. The van der Waals surface area contributed by atoms with E-state index < -0.39 is 22.7 Å². The smallest absolute Gasteiger partial charge is 0.301 e. The third-order valence-corrected chi connectivity index (χ3v) is 6.18. The molecular weight excluding hydrogens is 418 g/mol. The Balaban J connectivity index is 1.98. The van der Waals surface area contributed by atoms with E-state index in [0.717, 1.165) is 4.88 Å². The van der Waals surface area contributed by atoms with Crippen LogP contribution < -0.4 is 4.90 Å². The molecule has 2 aromatic carbocycles. The van der Waals surface area contributed by atoms with E-state index in [9.17, 15) is 24.8 Å². The zero-order valence-electron chi connectivity index (χ0n) is 16.6. The zero-order chi connectivity index (χ0) is 22.3. The summed E-state index contributed by atoms with van der Waals surface area (Å²) in [5.74, 6) is -2.06. The fourth-order valence-electron chi connectivity index (χ4n) is 3.46. The number of Topliss-reactive ketones (excluding diaryl/α,β-unsaturated/α-hetero) is 1.